The fraction of sp³-hybridized carbons (Fsp3) is 0.350. The third-order valence-electron chi connectivity index (χ3n) is 4.35. The Morgan fingerprint density at radius 2 is 1.96 bits per heavy atom. The molecule has 2 aromatic rings. The van der Waals surface area contributed by atoms with E-state index in [1.54, 1.807) is 23.1 Å². The average molecular weight is 327 g/mol. The van der Waals surface area contributed by atoms with Gasteiger partial charge in [0.05, 0.1) is 6.10 Å². The second kappa shape index (κ2) is 7.58. The van der Waals surface area contributed by atoms with E-state index in [1.165, 1.54) is 6.07 Å². The Kier molecular flexibility index (Phi) is 5.26. The minimum atomic E-state index is -0.286. The van der Waals surface area contributed by atoms with E-state index >= 15 is 0 Å². The van der Waals surface area contributed by atoms with Gasteiger partial charge >= 0.3 is 0 Å². The van der Waals surface area contributed by atoms with Crippen molar-refractivity contribution in [2.24, 2.45) is 0 Å². The van der Waals surface area contributed by atoms with Crippen LogP contribution < -0.4 is 0 Å². The Balaban J connectivity index is 1.81. The van der Waals surface area contributed by atoms with Crippen molar-refractivity contribution in [3.05, 3.63) is 71.0 Å². The highest BCUT2D eigenvalue weighted by molar-refractivity contribution is 5.94. The summed E-state index contributed by atoms with van der Waals surface area (Å²) in [5.41, 5.74) is 2.25. The standard InChI is InChI=1S/C20H22FNO2/c1-15-8-10-16(11-9-15)20(23)22(14-18-6-4-12-24-18)13-17-5-2-3-7-19(17)21/h2-3,5,7-11,18H,4,6,12-14H2,1H3. The van der Waals surface area contributed by atoms with Crippen LogP contribution in [0.3, 0.4) is 0 Å². The number of benzene rings is 2. The summed E-state index contributed by atoms with van der Waals surface area (Å²) < 4.78 is 19.7. The molecule has 3 rings (SSSR count). The number of hydrogen-bond acceptors (Lipinski definition) is 2. The van der Waals surface area contributed by atoms with E-state index in [0.29, 0.717) is 17.7 Å². The Bertz CT molecular complexity index is 693. The van der Waals surface area contributed by atoms with Gasteiger partial charge in [-0.15, -0.1) is 0 Å². The first-order valence-electron chi connectivity index (χ1n) is 8.34. The summed E-state index contributed by atoms with van der Waals surface area (Å²) in [5.74, 6) is -0.375. The lowest BCUT2D eigenvalue weighted by Gasteiger charge is -2.26. The molecule has 1 fully saturated rings. The van der Waals surface area contributed by atoms with E-state index < -0.39 is 0 Å². The maximum atomic E-state index is 14.0. The van der Waals surface area contributed by atoms with Crippen LogP contribution in [0.15, 0.2) is 48.5 Å². The first-order chi connectivity index (χ1) is 11.6. The quantitative estimate of drug-likeness (QED) is 0.832. The zero-order valence-electron chi connectivity index (χ0n) is 13.9. The molecule has 1 saturated heterocycles. The van der Waals surface area contributed by atoms with Crippen LogP contribution in [0.25, 0.3) is 0 Å². The number of halogens is 1. The van der Waals surface area contributed by atoms with Crippen LogP contribution in [0.2, 0.25) is 0 Å². The first kappa shape index (κ1) is 16.7. The van der Waals surface area contributed by atoms with Crippen LogP contribution in [0, 0.1) is 12.7 Å². The number of nitrogens with zero attached hydrogens (tertiary/aromatic N) is 1. The Labute approximate surface area is 142 Å². The highest BCUT2D eigenvalue weighted by Crippen LogP contribution is 2.18. The number of carbonyl (C=O) groups excluding carboxylic acids is 1. The zero-order valence-corrected chi connectivity index (χ0v) is 13.9. The van der Waals surface area contributed by atoms with Crippen LogP contribution >= 0.6 is 0 Å². The fourth-order valence-corrected chi connectivity index (χ4v) is 2.96. The molecule has 0 spiro atoms. The molecule has 2 aromatic carbocycles. The van der Waals surface area contributed by atoms with Crippen molar-refractivity contribution in [3.63, 3.8) is 0 Å². The predicted molar refractivity (Wildman–Crippen MR) is 91.3 cm³/mol. The summed E-state index contributed by atoms with van der Waals surface area (Å²) in [6.45, 7) is 3.45. The van der Waals surface area contributed by atoms with Crippen molar-refractivity contribution in [2.75, 3.05) is 13.2 Å². The molecule has 3 nitrogen and oxygen atoms in total. The molecule has 0 radical (unpaired) electrons. The molecular formula is C20H22FNO2. The van der Waals surface area contributed by atoms with Gasteiger partial charge in [0.15, 0.2) is 0 Å². The van der Waals surface area contributed by atoms with Gasteiger partial charge in [0.2, 0.25) is 0 Å². The number of carbonyl (C=O) groups is 1. The summed E-state index contributed by atoms with van der Waals surface area (Å²) in [4.78, 5) is 14.6. The Morgan fingerprint density at radius 3 is 2.62 bits per heavy atom. The smallest absolute Gasteiger partial charge is 0.254 e. The normalized spacial score (nSPS) is 17.0. The molecule has 1 heterocycles. The lowest BCUT2D eigenvalue weighted by molar-refractivity contribution is 0.0505. The number of rotatable bonds is 5. The van der Waals surface area contributed by atoms with E-state index in [-0.39, 0.29) is 24.4 Å². The van der Waals surface area contributed by atoms with Gasteiger partial charge in [-0.1, -0.05) is 35.9 Å². The number of hydrogen-bond donors (Lipinski definition) is 0. The summed E-state index contributed by atoms with van der Waals surface area (Å²) >= 11 is 0. The van der Waals surface area contributed by atoms with E-state index in [1.807, 2.05) is 31.2 Å². The molecule has 4 heteroatoms. The van der Waals surface area contributed by atoms with E-state index in [9.17, 15) is 9.18 Å². The second-order valence-corrected chi connectivity index (χ2v) is 6.28. The third-order valence-corrected chi connectivity index (χ3v) is 4.35. The number of ether oxygens (including phenoxy) is 1. The van der Waals surface area contributed by atoms with Gasteiger partial charge < -0.3 is 9.64 Å². The van der Waals surface area contributed by atoms with Crippen LogP contribution in [0.1, 0.15) is 34.3 Å². The summed E-state index contributed by atoms with van der Waals surface area (Å²) in [6.07, 6.45) is 1.98. The largest absolute Gasteiger partial charge is 0.376 e. The maximum Gasteiger partial charge on any atom is 0.254 e. The lowest BCUT2D eigenvalue weighted by atomic mass is 10.1. The number of amides is 1. The molecule has 126 valence electrons. The van der Waals surface area contributed by atoms with Crippen molar-refractivity contribution in [1.82, 2.24) is 4.90 Å². The molecule has 1 atom stereocenters. The monoisotopic (exact) mass is 327 g/mol. The molecule has 1 amide bonds. The fourth-order valence-electron chi connectivity index (χ4n) is 2.96. The maximum absolute atomic E-state index is 14.0. The van der Waals surface area contributed by atoms with Crippen LogP contribution in [0.4, 0.5) is 4.39 Å². The molecule has 0 saturated carbocycles. The molecule has 24 heavy (non-hydrogen) atoms. The van der Waals surface area contributed by atoms with E-state index in [4.69, 9.17) is 4.74 Å². The molecule has 1 aliphatic heterocycles. The predicted octanol–water partition coefficient (Wildman–Crippen LogP) is 3.96. The van der Waals surface area contributed by atoms with Gasteiger partial charge in [0.1, 0.15) is 5.82 Å². The van der Waals surface area contributed by atoms with Gasteiger partial charge in [0.25, 0.3) is 5.91 Å². The van der Waals surface area contributed by atoms with Crippen molar-refractivity contribution < 1.29 is 13.9 Å². The van der Waals surface area contributed by atoms with Crippen molar-refractivity contribution >= 4 is 5.91 Å². The van der Waals surface area contributed by atoms with Gasteiger partial charge in [-0.2, -0.15) is 0 Å². The van der Waals surface area contributed by atoms with E-state index in [2.05, 4.69) is 0 Å². The lowest BCUT2D eigenvalue weighted by Crippen LogP contribution is -2.37. The highest BCUT2D eigenvalue weighted by Gasteiger charge is 2.24. The van der Waals surface area contributed by atoms with Gasteiger partial charge in [-0.05, 0) is 38.0 Å². The topological polar surface area (TPSA) is 29.5 Å². The van der Waals surface area contributed by atoms with Crippen LogP contribution in [0.5, 0.6) is 0 Å². The van der Waals surface area contributed by atoms with Crippen molar-refractivity contribution in [3.8, 4) is 0 Å². The first-order valence-corrected chi connectivity index (χ1v) is 8.34. The minimum absolute atomic E-state index is 0.0335. The van der Waals surface area contributed by atoms with Crippen molar-refractivity contribution in [2.45, 2.75) is 32.4 Å². The van der Waals surface area contributed by atoms with Crippen molar-refractivity contribution in [1.29, 1.82) is 0 Å². The molecule has 0 aliphatic carbocycles. The highest BCUT2D eigenvalue weighted by atomic mass is 19.1. The molecular weight excluding hydrogens is 305 g/mol. The zero-order chi connectivity index (χ0) is 16.9. The molecule has 0 bridgehead atoms. The SMILES string of the molecule is Cc1ccc(C(=O)N(Cc2ccccc2F)CC2CCCO2)cc1. The van der Waals surface area contributed by atoms with Gasteiger partial charge in [-0.25, -0.2) is 4.39 Å². The minimum Gasteiger partial charge on any atom is -0.376 e. The molecule has 0 N–H and O–H groups in total. The summed E-state index contributed by atoms with van der Waals surface area (Å²) in [6, 6.07) is 14.1. The second-order valence-electron chi connectivity index (χ2n) is 6.28. The Hall–Kier alpha value is -2.20. The van der Waals surface area contributed by atoms with Gasteiger partial charge in [0, 0.05) is 30.8 Å². The summed E-state index contributed by atoms with van der Waals surface area (Å²) in [7, 11) is 0. The number of aryl methyl sites for hydroxylation is 1. The molecule has 1 unspecified atom stereocenters. The van der Waals surface area contributed by atoms with Crippen LogP contribution in [-0.2, 0) is 11.3 Å². The van der Waals surface area contributed by atoms with Crippen LogP contribution in [-0.4, -0.2) is 30.1 Å². The average Bonchev–Trinajstić information content (AvgIpc) is 3.09. The van der Waals surface area contributed by atoms with Gasteiger partial charge in [-0.3, -0.25) is 4.79 Å². The molecule has 0 aromatic heterocycles. The summed E-state index contributed by atoms with van der Waals surface area (Å²) in [5, 5.41) is 0. The molecule has 1 aliphatic rings. The Morgan fingerprint density at radius 1 is 1.21 bits per heavy atom. The third kappa shape index (κ3) is 4.01. The van der Waals surface area contributed by atoms with E-state index in [0.717, 1.165) is 25.0 Å².